The minimum absolute atomic E-state index is 0.0682. The van der Waals surface area contributed by atoms with Crippen molar-refractivity contribution in [3.05, 3.63) is 0 Å². The zero-order chi connectivity index (χ0) is 9.84. The van der Waals surface area contributed by atoms with E-state index in [9.17, 15) is 0 Å². The van der Waals surface area contributed by atoms with Gasteiger partial charge in [0.25, 0.3) is 0 Å². The normalized spacial score (nSPS) is 21.6. The summed E-state index contributed by atoms with van der Waals surface area (Å²) >= 11 is 7.30. The van der Waals surface area contributed by atoms with Crippen molar-refractivity contribution in [1.82, 2.24) is 4.90 Å². The lowest BCUT2D eigenvalue weighted by atomic mass is 10.00. The fourth-order valence-corrected chi connectivity index (χ4v) is 2.73. The Balaban J connectivity index is 2.45. The SMILES string of the molecule is CC[C@H](C)[C@H](N)C(=S)N1CCSC1. The van der Waals surface area contributed by atoms with E-state index < -0.39 is 0 Å². The molecular formula is C9H18N2S2. The Kier molecular flexibility index (Phi) is 4.49. The Bertz CT molecular complexity index is 178. The smallest absolute Gasteiger partial charge is 0.0959 e. The summed E-state index contributed by atoms with van der Waals surface area (Å²) in [5.74, 6) is 2.72. The molecular weight excluding hydrogens is 200 g/mol. The van der Waals surface area contributed by atoms with Crippen LogP contribution >= 0.6 is 24.0 Å². The quantitative estimate of drug-likeness (QED) is 0.730. The second kappa shape index (κ2) is 5.17. The van der Waals surface area contributed by atoms with Gasteiger partial charge in [0.2, 0.25) is 0 Å². The van der Waals surface area contributed by atoms with E-state index in [4.69, 9.17) is 18.0 Å². The maximum atomic E-state index is 6.06. The molecule has 0 amide bonds. The fourth-order valence-electron chi connectivity index (χ4n) is 1.30. The number of nitrogens with zero attached hydrogens (tertiary/aromatic N) is 1. The first-order valence-electron chi connectivity index (χ1n) is 4.79. The van der Waals surface area contributed by atoms with E-state index in [1.54, 1.807) is 0 Å². The Hall–Kier alpha value is 0.200. The van der Waals surface area contributed by atoms with Crippen LogP contribution in [0.4, 0.5) is 0 Å². The average Bonchev–Trinajstić information content (AvgIpc) is 2.67. The number of thioether (sulfide) groups is 1. The molecule has 1 aliphatic rings. The van der Waals surface area contributed by atoms with E-state index in [1.807, 2.05) is 11.8 Å². The lowest BCUT2D eigenvalue weighted by molar-refractivity contribution is 0.463. The molecule has 76 valence electrons. The molecule has 4 heteroatoms. The highest BCUT2D eigenvalue weighted by Gasteiger charge is 2.23. The first kappa shape index (κ1) is 11.3. The standard InChI is InChI=1S/C9H18N2S2/c1-3-7(2)8(10)9(12)11-4-5-13-6-11/h7-8H,3-6,10H2,1-2H3/t7-,8-/m0/s1. The molecule has 0 aromatic rings. The van der Waals surface area contributed by atoms with E-state index in [1.165, 1.54) is 5.75 Å². The van der Waals surface area contributed by atoms with E-state index >= 15 is 0 Å². The fraction of sp³-hybridized carbons (Fsp3) is 0.889. The van der Waals surface area contributed by atoms with E-state index in [0.717, 1.165) is 23.8 Å². The molecule has 1 heterocycles. The summed E-state index contributed by atoms with van der Waals surface area (Å²) in [5, 5.41) is 0. The average molecular weight is 218 g/mol. The highest BCUT2D eigenvalue weighted by molar-refractivity contribution is 7.99. The van der Waals surface area contributed by atoms with Crippen LogP contribution in [0.15, 0.2) is 0 Å². The van der Waals surface area contributed by atoms with Gasteiger partial charge in [0.05, 0.1) is 16.9 Å². The first-order valence-corrected chi connectivity index (χ1v) is 6.35. The summed E-state index contributed by atoms with van der Waals surface area (Å²) < 4.78 is 0. The zero-order valence-electron chi connectivity index (χ0n) is 8.32. The lowest BCUT2D eigenvalue weighted by Crippen LogP contribution is -2.44. The Morgan fingerprint density at radius 2 is 2.38 bits per heavy atom. The molecule has 2 N–H and O–H groups in total. The van der Waals surface area contributed by atoms with E-state index in [0.29, 0.717) is 5.92 Å². The minimum Gasteiger partial charge on any atom is -0.355 e. The van der Waals surface area contributed by atoms with Crippen molar-refractivity contribution in [2.45, 2.75) is 26.3 Å². The van der Waals surface area contributed by atoms with Crippen molar-refractivity contribution in [2.24, 2.45) is 11.7 Å². The van der Waals surface area contributed by atoms with Gasteiger partial charge in [-0.15, -0.1) is 11.8 Å². The second-order valence-electron chi connectivity index (χ2n) is 3.55. The number of hydrogen-bond donors (Lipinski definition) is 1. The molecule has 2 atom stereocenters. The van der Waals surface area contributed by atoms with Crippen molar-refractivity contribution < 1.29 is 0 Å². The largest absolute Gasteiger partial charge is 0.355 e. The van der Waals surface area contributed by atoms with Crippen molar-refractivity contribution in [2.75, 3.05) is 18.2 Å². The molecule has 0 spiro atoms. The Morgan fingerprint density at radius 1 is 1.69 bits per heavy atom. The van der Waals surface area contributed by atoms with Crippen molar-refractivity contribution in [3.8, 4) is 0 Å². The van der Waals surface area contributed by atoms with Gasteiger partial charge in [0.1, 0.15) is 0 Å². The number of rotatable bonds is 3. The van der Waals surface area contributed by atoms with Gasteiger partial charge in [-0.3, -0.25) is 0 Å². The molecule has 0 radical (unpaired) electrons. The minimum atomic E-state index is 0.0682. The topological polar surface area (TPSA) is 29.3 Å². The molecule has 1 rings (SSSR count). The van der Waals surface area contributed by atoms with Crippen LogP contribution in [-0.2, 0) is 0 Å². The molecule has 0 aliphatic carbocycles. The first-order chi connectivity index (χ1) is 6.16. The predicted molar refractivity (Wildman–Crippen MR) is 64.1 cm³/mol. The van der Waals surface area contributed by atoms with Gasteiger partial charge < -0.3 is 10.6 Å². The third-order valence-electron chi connectivity index (χ3n) is 2.61. The maximum Gasteiger partial charge on any atom is 0.0959 e. The summed E-state index contributed by atoms with van der Waals surface area (Å²) in [7, 11) is 0. The number of nitrogens with two attached hydrogens (primary N) is 1. The Labute approximate surface area is 90.2 Å². The van der Waals surface area contributed by atoms with Gasteiger partial charge >= 0.3 is 0 Å². The summed E-state index contributed by atoms with van der Waals surface area (Å²) in [6.07, 6.45) is 1.10. The van der Waals surface area contributed by atoms with E-state index in [-0.39, 0.29) is 6.04 Å². The van der Waals surface area contributed by atoms with Crippen LogP contribution in [0.3, 0.4) is 0 Å². The number of thiocarbonyl (C=S) groups is 1. The van der Waals surface area contributed by atoms with Crippen LogP contribution in [0.2, 0.25) is 0 Å². The monoisotopic (exact) mass is 218 g/mol. The van der Waals surface area contributed by atoms with Crippen LogP contribution in [0.25, 0.3) is 0 Å². The summed E-state index contributed by atoms with van der Waals surface area (Å²) in [5.41, 5.74) is 6.06. The van der Waals surface area contributed by atoms with Gasteiger partial charge in [-0.25, -0.2) is 0 Å². The maximum absolute atomic E-state index is 6.06. The third kappa shape index (κ3) is 2.82. The molecule has 0 aromatic heterocycles. The van der Waals surface area contributed by atoms with Gasteiger partial charge in [-0.2, -0.15) is 0 Å². The van der Waals surface area contributed by atoms with Crippen molar-refractivity contribution >= 4 is 29.0 Å². The molecule has 13 heavy (non-hydrogen) atoms. The summed E-state index contributed by atoms with van der Waals surface area (Å²) in [6, 6.07) is 0.0682. The predicted octanol–water partition coefficient (Wildman–Crippen LogP) is 1.69. The van der Waals surface area contributed by atoms with Gasteiger partial charge in [-0.1, -0.05) is 32.5 Å². The van der Waals surface area contributed by atoms with Gasteiger partial charge in [0.15, 0.2) is 0 Å². The highest BCUT2D eigenvalue weighted by Crippen LogP contribution is 2.17. The molecule has 0 unspecified atom stereocenters. The molecule has 0 saturated carbocycles. The van der Waals surface area contributed by atoms with Crippen molar-refractivity contribution in [3.63, 3.8) is 0 Å². The van der Waals surface area contributed by atoms with Crippen LogP contribution in [0, 0.1) is 5.92 Å². The summed E-state index contributed by atoms with van der Waals surface area (Å²) in [4.78, 5) is 3.19. The Morgan fingerprint density at radius 3 is 2.85 bits per heavy atom. The molecule has 1 saturated heterocycles. The molecule has 1 aliphatic heterocycles. The van der Waals surface area contributed by atoms with Crippen LogP contribution in [-0.4, -0.2) is 34.1 Å². The van der Waals surface area contributed by atoms with Gasteiger partial charge in [-0.05, 0) is 5.92 Å². The molecule has 2 nitrogen and oxygen atoms in total. The van der Waals surface area contributed by atoms with Gasteiger partial charge in [0, 0.05) is 12.3 Å². The van der Waals surface area contributed by atoms with Crippen LogP contribution < -0.4 is 5.73 Å². The zero-order valence-corrected chi connectivity index (χ0v) is 9.96. The molecule has 0 bridgehead atoms. The van der Waals surface area contributed by atoms with E-state index in [2.05, 4.69) is 18.7 Å². The lowest BCUT2D eigenvalue weighted by Gasteiger charge is -2.26. The summed E-state index contributed by atoms with van der Waals surface area (Å²) in [6.45, 7) is 5.40. The third-order valence-corrected chi connectivity index (χ3v) is 4.10. The second-order valence-corrected chi connectivity index (χ2v) is 5.04. The molecule has 1 fully saturated rings. The van der Waals surface area contributed by atoms with Crippen molar-refractivity contribution in [1.29, 1.82) is 0 Å². The van der Waals surface area contributed by atoms with Crippen LogP contribution in [0.1, 0.15) is 20.3 Å². The van der Waals surface area contributed by atoms with Crippen LogP contribution in [0.5, 0.6) is 0 Å². The highest BCUT2D eigenvalue weighted by atomic mass is 32.2. The number of hydrogen-bond acceptors (Lipinski definition) is 3. The molecule has 0 aromatic carbocycles.